The lowest BCUT2D eigenvalue weighted by molar-refractivity contribution is -0.117. The molecule has 2 aromatic rings. The van der Waals surface area contributed by atoms with Gasteiger partial charge in [-0.2, -0.15) is 0 Å². The molecule has 0 saturated carbocycles. The van der Waals surface area contributed by atoms with Crippen molar-refractivity contribution in [1.29, 1.82) is 0 Å². The molecule has 1 heterocycles. The Morgan fingerprint density at radius 2 is 1.81 bits per heavy atom. The summed E-state index contributed by atoms with van der Waals surface area (Å²) in [6.45, 7) is 1.96. The summed E-state index contributed by atoms with van der Waals surface area (Å²) in [5.41, 5.74) is 4.98. The first kappa shape index (κ1) is 14.4. The lowest BCUT2D eigenvalue weighted by Crippen LogP contribution is -2.20. The molecule has 1 unspecified atom stereocenters. The third kappa shape index (κ3) is 2.54. The Morgan fingerprint density at radius 3 is 2.52 bits per heavy atom. The number of benzene rings is 2. The summed E-state index contributed by atoms with van der Waals surface area (Å²) >= 11 is 12.7. The number of halogens is 2. The van der Waals surface area contributed by atoms with Gasteiger partial charge in [-0.1, -0.05) is 35.9 Å². The molecule has 0 saturated heterocycles. The second kappa shape index (κ2) is 5.36. The highest BCUT2D eigenvalue weighted by molar-refractivity contribution is 6.31. The van der Waals surface area contributed by atoms with Crippen molar-refractivity contribution in [2.45, 2.75) is 18.7 Å². The van der Waals surface area contributed by atoms with E-state index in [0.717, 1.165) is 27.9 Å². The number of nitrogens with zero attached hydrogens (tertiary/aromatic N) is 1. The quantitative estimate of drug-likeness (QED) is 0.746. The van der Waals surface area contributed by atoms with Gasteiger partial charge in [0.15, 0.2) is 0 Å². The van der Waals surface area contributed by atoms with Gasteiger partial charge < -0.3 is 4.90 Å². The molecule has 108 valence electrons. The molecular formula is C17H15Cl2NO. The Morgan fingerprint density at radius 1 is 1.14 bits per heavy atom. The van der Waals surface area contributed by atoms with Crippen molar-refractivity contribution in [3.63, 3.8) is 0 Å². The number of hydrogen-bond acceptors (Lipinski definition) is 1. The van der Waals surface area contributed by atoms with Gasteiger partial charge in [-0.05, 0) is 41.3 Å². The average molecular weight is 320 g/mol. The lowest BCUT2D eigenvalue weighted by atomic mass is 10.0. The van der Waals surface area contributed by atoms with Crippen LogP contribution >= 0.6 is 23.2 Å². The van der Waals surface area contributed by atoms with Gasteiger partial charge in [-0.3, -0.25) is 4.79 Å². The first-order valence-corrected chi connectivity index (χ1v) is 7.58. The number of alkyl halides is 1. The number of rotatable bonds is 2. The van der Waals surface area contributed by atoms with Crippen molar-refractivity contribution in [3.05, 3.63) is 63.7 Å². The van der Waals surface area contributed by atoms with Crippen LogP contribution in [0.3, 0.4) is 0 Å². The largest absolute Gasteiger partial charge is 0.315 e. The first-order valence-electron chi connectivity index (χ1n) is 6.77. The SMILES string of the molecule is Cc1ccc(C(Cl)c2ccc3c(c2)CC(=O)N3C)cc1Cl. The number of likely N-dealkylation sites (N-methyl/N-ethyl adjacent to an activating group) is 1. The van der Waals surface area contributed by atoms with E-state index in [0.29, 0.717) is 11.4 Å². The summed E-state index contributed by atoms with van der Waals surface area (Å²) < 4.78 is 0. The van der Waals surface area contributed by atoms with E-state index in [9.17, 15) is 4.79 Å². The third-order valence-corrected chi connectivity index (χ3v) is 4.87. The molecule has 3 rings (SSSR count). The van der Waals surface area contributed by atoms with E-state index in [1.54, 1.807) is 11.9 Å². The molecule has 0 spiro atoms. The molecule has 2 aromatic carbocycles. The van der Waals surface area contributed by atoms with Crippen LogP contribution in [0.1, 0.15) is 27.6 Å². The maximum atomic E-state index is 11.7. The summed E-state index contributed by atoms with van der Waals surface area (Å²) in [7, 11) is 1.80. The Balaban J connectivity index is 1.96. The molecule has 2 nitrogen and oxygen atoms in total. The normalized spacial score (nSPS) is 15.2. The molecule has 1 aliphatic heterocycles. The first-order chi connectivity index (χ1) is 9.97. The minimum atomic E-state index is -0.269. The molecule has 0 fully saturated rings. The number of aryl methyl sites for hydroxylation is 1. The molecule has 4 heteroatoms. The lowest BCUT2D eigenvalue weighted by Gasteiger charge is -2.14. The summed E-state index contributed by atoms with van der Waals surface area (Å²) in [5, 5.41) is 0.448. The number of anilines is 1. The Kier molecular flexibility index (Phi) is 3.68. The highest BCUT2D eigenvalue weighted by atomic mass is 35.5. The molecule has 0 bridgehead atoms. The molecule has 1 aliphatic rings. The van der Waals surface area contributed by atoms with Gasteiger partial charge in [0.05, 0.1) is 11.8 Å². The van der Waals surface area contributed by atoms with Crippen LogP contribution in [0.25, 0.3) is 0 Å². The Hall–Kier alpha value is -1.51. The molecule has 0 aromatic heterocycles. The van der Waals surface area contributed by atoms with Crippen molar-refractivity contribution >= 4 is 34.8 Å². The fourth-order valence-electron chi connectivity index (χ4n) is 2.61. The number of fused-ring (bicyclic) bond motifs is 1. The summed E-state index contributed by atoms with van der Waals surface area (Å²) in [5.74, 6) is 0.117. The predicted molar refractivity (Wildman–Crippen MR) is 87.4 cm³/mol. The topological polar surface area (TPSA) is 20.3 Å². The minimum absolute atomic E-state index is 0.117. The second-order valence-corrected chi connectivity index (χ2v) is 6.23. The van der Waals surface area contributed by atoms with Crippen molar-refractivity contribution in [2.75, 3.05) is 11.9 Å². The zero-order valence-electron chi connectivity index (χ0n) is 11.9. The molecule has 21 heavy (non-hydrogen) atoms. The Bertz CT molecular complexity index is 727. The van der Waals surface area contributed by atoms with Crippen LogP contribution in [0, 0.1) is 6.92 Å². The van der Waals surface area contributed by atoms with E-state index in [1.165, 1.54) is 0 Å². The number of carbonyl (C=O) groups excluding carboxylic acids is 1. The van der Waals surface area contributed by atoms with Gasteiger partial charge in [-0.15, -0.1) is 11.6 Å². The predicted octanol–water partition coefficient (Wildman–Crippen LogP) is 4.50. The summed E-state index contributed by atoms with van der Waals surface area (Å²) in [4.78, 5) is 13.4. The zero-order chi connectivity index (χ0) is 15.1. The highest BCUT2D eigenvalue weighted by Crippen LogP contribution is 2.35. The van der Waals surface area contributed by atoms with Crippen molar-refractivity contribution in [1.82, 2.24) is 0 Å². The molecule has 0 N–H and O–H groups in total. The standard InChI is InChI=1S/C17H15Cl2NO/c1-10-3-4-12(8-14(10)18)17(19)11-5-6-15-13(7-11)9-16(21)20(15)2/h3-8,17H,9H2,1-2H3. The fourth-order valence-corrected chi connectivity index (χ4v) is 3.07. The van der Waals surface area contributed by atoms with Gasteiger partial charge in [0.2, 0.25) is 5.91 Å². The van der Waals surface area contributed by atoms with Crippen LogP contribution in [0.5, 0.6) is 0 Å². The van der Waals surface area contributed by atoms with Gasteiger partial charge in [0.25, 0.3) is 0 Å². The van der Waals surface area contributed by atoms with Gasteiger partial charge >= 0.3 is 0 Å². The molecule has 0 radical (unpaired) electrons. The number of hydrogen-bond donors (Lipinski definition) is 0. The molecule has 0 aliphatic carbocycles. The van der Waals surface area contributed by atoms with E-state index in [-0.39, 0.29) is 11.3 Å². The van der Waals surface area contributed by atoms with E-state index in [2.05, 4.69) is 0 Å². The summed E-state index contributed by atoms with van der Waals surface area (Å²) in [6.07, 6.45) is 0.442. The molecule has 1 amide bonds. The second-order valence-electron chi connectivity index (χ2n) is 5.39. The van der Waals surface area contributed by atoms with Crippen LogP contribution in [-0.2, 0) is 11.2 Å². The summed E-state index contributed by atoms with van der Waals surface area (Å²) in [6, 6.07) is 11.8. The maximum absolute atomic E-state index is 11.7. The fraction of sp³-hybridized carbons (Fsp3) is 0.235. The smallest absolute Gasteiger partial charge is 0.231 e. The van der Waals surface area contributed by atoms with E-state index < -0.39 is 0 Å². The molecular weight excluding hydrogens is 305 g/mol. The minimum Gasteiger partial charge on any atom is -0.315 e. The monoisotopic (exact) mass is 319 g/mol. The molecule has 1 atom stereocenters. The van der Waals surface area contributed by atoms with Crippen LogP contribution in [0.15, 0.2) is 36.4 Å². The Labute approximate surface area is 134 Å². The van der Waals surface area contributed by atoms with Crippen molar-refractivity contribution in [3.8, 4) is 0 Å². The van der Waals surface area contributed by atoms with Crippen molar-refractivity contribution < 1.29 is 4.79 Å². The average Bonchev–Trinajstić information content (AvgIpc) is 2.76. The number of amides is 1. The third-order valence-electron chi connectivity index (χ3n) is 3.96. The number of carbonyl (C=O) groups is 1. The van der Waals surface area contributed by atoms with Crippen LogP contribution in [0.2, 0.25) is 5.02 Å². The van der Waals surface area contributed by atoms with Gasteiger partial charge in [0, 0.05) is 17.8 Å². The van der Waals surface area contributed by atoms with Crippen molar-refractivity contribution in [2.24, 2.45) is 0 Å². The van der Waals surface area contributed by atoms with E-state index in [1.807, 2.05) is 43.3 Å². The highest BCUT2D eigenvalue weighted by Gasteiger charge is 2.25. The van der Waals surface area contributed by atoms with E-state index in [4.69, 9.17) is 23.2 Å². The van der Waals surface area contributed by atoms with E-state index >= 15 is 0 Å². The zero-order valence-corrected chi connectivity index (χ0v) is 13.4. The van der Waals surface area contributed by atoms with Crippen LogP contribution in [-0.4, -0.2) is 13.0 Å². The van der Waals surface area contributed by atoms with Gasteiger partial charge in [0.1, 0.15) is 0 Å². The van der Waals surface area contributed by atoms with Gasteiger partial charge in [-0.25, -0.2) is 0 Å². The maximum Gasteiger partial charge on any atom is 0.231 e. The van der Waals surface area contributed by atoms with Crippen LogP contribution in [0.4, 0.5) is 5.69 Å². The van der Waals surface area contributed by atoms with Crippen LogP contribution < -0.4 is 4.90 Å².